The number of nitrogens with zero attached hydrogens (tertiary/aromatic N) is 4. The maximum Gasteiger partial charge on any atom is 0.276 e. The van der Waals surface area contributed by atoms with E-state index in [1.54, 1.807) is 18.3 Å². The Labute approximate surface area is 153 Å². The van der Waals surface area contributed by atoms with Crippen molar-refractivity contribution < 1.29 is 18.1 Å². The van der Waals surface area contributed by atoms with Gasteiger partial charge in [-0.25, -0.2) is 8.78 Å². The molecule has 2 aromatic heterocycles. The van der Waals surface area contributed by atoms with E-state index in [9.17, 15) is 13.6 Å². The van der Waals surface area contributed by atoms with Gasteiger partial charge in [-0.2, -0.15) is 4.98 Å². The van der Waals surface area contributed by atoms with Crippen molar-refractivity contribution in [2.75, 3.05) is 13.1 Å². The monoisotopic (exact) mass is 370 g/mol. The lowest BCUT2D eigenvalue weighted by Crippen LogP contribution is -2.40. The Balaban J connectivity index is 1.54. The summed E-state index contributed by atoms with van der Waals surface area (Å²) >= 11 is 0. The molecule has 0 bridgehead atoms. The molecular weight excluding hydrogens is 354 g/mol. The standard InChI is InChI=1S/C19H16F2N4O2/c20-13-6-3-7-14(21)16(13)19(26)25-10-4-5-12(11-25)17-23-18(27-24-17)15-8-1-2-9-22-15/h1-3,6-9,12H,4-5,10-11H2. The number of pyridine rings is 1. The van der Waals surface area contributed by atoms with Gasteiger partial charge in [0.2, 0.25) is 0 Å². The van der Waals surface area contributed by atoms with Gasteiger partial charge in [-0.15, -0.1) is 0 Å². The first-order chi connectivity index (χ1) is 13.1. The molecule has 138 valence electrons. The first-order valence-electron chi connectivity index (χ1n) is 8.62. The fourth-order valence-electron chi connectivity index (χ4n) is 3.23. The minimum atomic E-state index is -0.862. The van der Waals surface area contributed by atoms with E-state index in [2.05, 4.69) is 15.1 Å². The van der Waals surface area contributed by atoms with Crippen molar-refractivity contribution in [3.05, 3.63) is 65.6 Å². The highest BCUT2D eigenvalue weighted by molar-refractivity contribution is 5.94. The molecule has 4 rings (SSSR count). The Morgan fingerprint density at radius 3 is 2.70 bits per heavy atom. The first kappa shape index (κ1) is 17.3. The number of aromatic nitrogens is 3. The van der Waals surface area contributed by atoms with Gasteiger partial charge in [0.15, 0.2) is 5.82 Å². The third kappa shape index (κ3) is 3.42. The number of likely N-dealkylation sites (tertiary alicyclic amines) is 1. The van der Waals surface area contributed by atoms with E-state index in [1.165, 1.54) is 11.0 Å². The number of rotatable bonds is 3. The summed E-state index contributed by atoms with van der Waals surface area (Å²) in [6.45, 7) is 0.696. The highest BCUT2D eigenvalue weighted by Crippen LogP contribution is 2.28. The SMILES string of the molecule is O=C(c1c(F)cccc1F)N1CCCC(c2noc(-c3ccccn3)n2)C1. The second kappa shape index (κ2) is 7.22. The van der Waals surface area contributed by atoms with Crippen LogP contribution in [0.1, 0.15) is 34.9 Å². The Kier molecular flexibility index (Phi) is 4.62. The number of hydrogen-bond acceptors (Lipinski definition) is 5. The van der Waals surface area contributed by atoms with Crippen LogP contribution in [0.15, 0.2) is 47.1 Å². The maximum atomic E-state index is 13.9. The highest BCUT2D eigenvalue weighted by Gasteiger charge is 2.31. The van der Waals surface area contributed by atoms with Crippen LogP contribution in [0.4, 0.5) is 8.78 Å². The zero-order valence-corrected chi connectivity index (χ0v) is 14.3. The molecule has 6 nitrogen and oxygen atoms in total. The van der Waals surface area contributed by atoms with Crippen LogP contribution >= 0.6 is 0 Å². The summed E-state index contributed by atoms with van der Waals surface area (Å²) in [5.74, 6) is -1.79. The lowest BCUT2D eigenvalue weighted by atomic mass is 9.96. The molecule has 0 N–H and O–H groups in total. The molecular formula is C19H16F2N4O2. The molecule has 3 heterocycles. The van der Waals surface area contributed by atoms with Crippen LogP contribution in [0.25, 0.3) is 11.6 Å². The average Bonchev–Trinajstić information content (AvgIpc) is 3.19. The molecule has 1 aliphatic heterocycles. The number of carbonyl (C=O) groups excluding carboxylic acids is 1. The van der Waals surface area contributed by atoms with Crippen molar-refractivity contribution >= 4 is 5.91 Å². The zero-order valence-electron chi connectivity index (χ0n) is 14.3. The number of hydrogen-bond donors (Lipinski definition) is 0. The van der Waals surface area contributed by atoms with Crippen molar-refractivity contribution in [1.82, 2.24) is 20.0 Å². The van der Waals surface area contributed by atoms with Gasteiger partial charge in [0.1, 0.15) is 22.9 Å². The quantitative estimate of drug-likeness (QED) is 0.706. The third-order valence-corrected chi connectivity index (χ3v) is 4.58. The van der Waals surface area contributed by atoms with Crippen LogP contribution in [0.2, 0.25) is 0 Å². The number of carbonyl (C=O) groups is 1. The first-order valence-corrected chi connectivity index (χ1v) is 8.62. The number of piperidine rings is 1. The van der Waals surface area contributed by atoms with Crippen molar-refractivity contribution in [2.24, 2.45) is 0 Å². The van der Waals surface area contributed by atoms with E-state index in [-0.39, 0.29) is 12.5 Å². The molecule has 8 heteroatoms. The second-order valence-corrected chi connectivity index (χ2v) is 6.36. The zero-order chi connectivity index (χ0) is 18.8. The van der Waals surface area contributed by atoms with Gasteiger partial charge in [-0.3, -0.25) is 9.78 Å². The molecule has 0 radical (unpaired) electrons. The molecule has 0 spiro atoms. The molecule has 27 heavy (non-hydrogen) atoms. The molecule has 1 unspecified atom stereocenters. The lowest BCUT2D eigenvalue weighted by Gasteiger charge is -2.31. The third-order valence-electron chi connectivity index (χ3n) is 4.58. The minimum absolute atomic E-state index is 0.168. The Morgan fingerprint density at radius 1 is 1.15 bits per heavy atom. The summed E-state index contributed by atoms with van der Waals surface area (Å²) in [6, 6.07) is 8.75. The Hall–Kier alpha value is -3.16. The summed E-state index contributed by atoms with van der Waals surface area (Å²) in [4.78, 5) is 22.6. The largest absolute Gasteiger partial charge is 0.338 e. The summed E-state index contributed by atoms with van der Waals surface area (Å²) in [5.41, 5.74) is 0.0360. The normalized spacial score (nSPS) is 17.1. The topological polar surface area (TPSA) is 72.1 Å². The van der Waals surface area contributed by atoms with Crippen molar-refractivity contribution in [2.45, 2.75) is 18.8 Å². The van der Waals surface area contributed by atoms with Gasteiger partial charge >= 0.3 is 0 Å². The minimum Gasteiger partial charge on any atom is -0.338 e. The number of benzene rings is 1. The van der Waals surface area contributed by atoms with Gasteiger partial charge in [-0.05, 0) is 37.1 Å². The molecule has 0 aliphatic carbocycles. The fraction of sp³-hybridized carbons (Fsp3) is 0.263. The molecule has 1 fully saturated rings. The van der Waals surface area contributed by atoms with E-state index in [4.69, 9.17) is 4.52 Å². The Morgan fingerprint density at radius 2 is 1.96 bits per heavy atom. The number of amides is 1. The van der Waals surface area contributed by atoms with Gasteiger partial charge in [-0.1, -0.05) is 17.3 Å². The van der Waals surface area contributed by atoms with E-state index >= 15 is 0 Å². The van der Waals surface area contributed by atoms with E-state index < -0.39 is 23.1 Å². The molecule has 3 aromatic rings. The van der Waals surface area contributed by atoms with Crippen LogP contribution in [-0.4, -0.2) is 39.0 Å². The predicted molar refractivity (Wildman–Crippen MR) is 91.8 cm³/mol. The van der Waals surface area contributed by atoms with Gasteiger partial charge < -0.3 is 9.42 Å². The van der Waals surface area contributed by atoms with E-state index in [1.807, 2.05) is 6.07 Å². The highest BCUT2D eigenvalue weighted by atomic mass is 19.1. The summed E-state index contributed by atoms with van der Waals surface area (Å²) in [6.07, 6.45) is 3.06. The van der Waals surface area contributed by atoms with Crippen LogP contribution in [0, 0.1) is 11.6 Å². The molecule has 1 atom stereocenters. The average molecular weight is 370 g/mol. The predicted octanol–water partition coefficient (Wildman–Crippen LogP) is 3.43. The second-order valence-electron chi connectivity index (χ2n) is 6.36. The molecule has 0 saturated carbocycles. The summed E-state index contributed by atoms with van der Waals surface area (Å²) in [7, 11) is 0. The molecule has 1 aliphatic rings. The smallest absolute Gasteiger partial charge is 0.276 e. The van der Waals surface area contributed by atoms with E-state index in [0.717, 1.165) is 18.6 Å². The van der Waals surface area contributed by atoms with Gasteiger partial charge in [0.25, 0.3) is 11.8 Å². The maximum absolute atomic E-state index is 13.9. The van der Waals surface area contributed by atoms with E-state index in [0.29, 0.717) is 30.4 Å². The van der Waals surface area contributed by atoms with Crippen molar-refractivity contribution in [1.29, 1.82) is 0 Å². The number of halogens is 2. The fourth-order valence-corrected chi connectivity index (χ4v) is 3.23. The van der Waals surface area contributed by atoms with Crippen LogP contribution in [0.3, 0.4) is 0 Å². The van der Waals surface area contributed by atoms with Crippen LogP contribution in [0.5, 0.6) is 0 Å². The van der Waals surface area contributed by atoms with Gasteiger partial charge in [0, 0.05) is 25.2 Å². The Bertz CT molecular complexity index is 941. The molecule has 1 saturated heterocycles. The van der Waals surface area contributed by atoms with Crippen LogP contribution < -0.4 is 0 Å². The van der Waals surface area contributed by atoms with Crippen LogP contribution in [-0.2, 0) is 0 Å². The molecule has 1 aromatic carbocycles. The van der Waals surface area contributed by atoms with Gasteiger partial charge in [0.05, 0.1) is 0 Å². The summed E-state index contributed by atoms with van der Waals surface area (Å²) in [5, 5.41) is 4.01. The van der Waals surface area contributed by atoms with Crippen molar-refractivity contribution in [3.63, 3.8) is 0 Å². The lowest BCUT2D eigenvalue weighted by molar-refractivity contribution is 0.0693. The van der Waals surface area contributed by atoms with Crippen molar-refractivity contribution in [3.8, 4) is 11.6 Å². The summed E-state index contributed by atoms with van der Waals surface area (Å²) < 4.78 is 33.1. The molecule has 1 amide bonds.